The second kappa shape index (κ2) is 8.16. The number of hydrogen-bond donors (Lipinski definition) is 0. The van der Waals surface area contributed by atoms with Crippen molar-refractivity contribution in [3.63, 3.8) is 0 Å². The van der Waals surface area contributed by atoms with E-state index >= 15 is 0 Å². The maximum absolute atomic E-state index is 13.2. The van der Waals surface area contributed by atoms with E-state index in [1.807, 2.05) is 30.0 Å². The van der Waals surface area contributed by atoms with Crippen LogP contribution in [0.4, 0.5) is 0 Å². The minimum Gasteiger partial charge on any atom is -0.475 e. The fourth-order valence-corrected chi connectivity index (χ4v) is 4.65. The monoisotopic (exact) mass is 424 g/mol. The molecule has 4 heterocycles. The van der Waals surface area contributed by atoms with Crippen molar-refractivity contribution in [2.75, 3.05) is 0 Å². The van der Waals surface area contributed by atoms with E-state index in [9.17, 15) is 4.79 Å². The van der Waals surface area contributed by atoms with E-state index in [1.165, 1.54) is 0 Å². The number of pyridine rings is 1. The van der Waals surface area contributed by atoms with Gasteiger partial charge < -0.3 is 19.1 Å². The summed E-state index contributed by atoms with van der Waals surface area (Å²) < 4.78 is 18.1. The number of carbonyl (C=O) groups is 1. The molecule has 3 aliphatic rings. The molecule has 2 saturated heterocycles. The molecule has 0 N–H and O–H groups in total. The Hall–Kier alpha value is -2.58. The van der Waals surface area contributed by atoms with Crippen molar-refractivity contribution in [2.24, 2.45) is 0 Å². The van der Waals surface area contributed by atoms with Crippen LogP contribution in [-0.2, 0) is 20.9 Å². The van der Waals surface area contributed by atoms with Crippen LogP contribution >= 0.6 is 0 Å². The lowest BCUT2D eigenvalue weighted by atomic mass is 9.76. The van der Waals surface area contributed by atoms with Crippen molar-refractivity contribution >= 4 is 5.91 Å². The summed E-state index contributed by atoms with van der Waals surface area (Å²) in [4.78, 5) is 28.2. The van der Waals surface area contributed by atoms with Gasteiger partial charge in [0.05, 0.1) is 42.4 Å². The van der Waals surface area contributed by atoms with Crippen molar-refractivity contribution in [2.45, 2.75) is 82.6 Å². The summed E-state index contributed by atoms with van der Waals surface area (Å²) >= 11 is 0. The highest BCUT2D eigenvalue weighted by Gasteiger charge is 2.63. The lowest BCUT2D eigenvalue weighted by Crippen LogP contribution is -2.54. The third-order valence-electron chi connectivity index (χ3n) is 6.50. The number of rotatable bonds is 7. The van der Waals surface area contributed by atoms with Crippen molar-refractivity contribution in [1.29, 1.82) is 0 Å². The molecule has 1 saturated carbocycles. The zero-order chi connectivity index (χ0) is 21.4. The lowest BCUT2D eigenvalue weighted by molar-refractivity contribution is -0.177. The first-order valence-corrected chi connectivity index (χ1v) is 11.1. The fourth-order valence-electron chi connectivity index (χ4n) is 4.65. The molecule has 8 nitrogen and oxygen atoms in total. The summed E-state index contributed by atoms with van der Waals surface area (Å²) in [6.07, 6.45) is 8.76. The Kier molecular flexibility index (Phi) is 5.35. The molecule has 1 aliphatic carbocycles. The van der Waals surface area contributed by atoms with Crippen LogP contribution in [0, 0.1) is 0 Å². The van der Waals surface area contributed by atoms with Gasteiger partial charge in [0.25, 0.3) is 5.91 Å². The predicted molar refractivity (Wildman–Crippen MR) is 111 cm³/mol. The summed E-state index contributed by atoms with van der Waals surface area (Å²) in [6.45, 7) is 4.50. The van der Waals surface area contributed by atoms with E-state index in [2.05, 4.69) is 21.9 Å². The van der Waals surface area contributed by atoms with Crippen molar-refractivity contribution < 1.29 is 19.0 Å². The first-order valence-electron chi connectivity index (χ1n) is 11.1. The molecule has 2 aliphatic heterocycles. The van der Waals surface area contributed by atoms with Gasteiger partial charge in [-0.3, -0.25) is 14.8 Å². The Bertz CT molecular complexity index is 934. The average molecular weight is 425 g/mol. The van der Waals surface area contributed by atoms with Crippen LogP contribution in [-0.4, -0.2) is 49.8 Å². The summed E-state index contributed by atoms with van der Waals surface area (Å²) in [5.74, 6) is 0.679. The topological polar surface area (TPSA) is 86.7 Å². The number of nitrogens with zero attached hydrogens (tertiary/aromatic N) is 4. The second-order valence-corrected chi connectivity index (χ2v) is 8.65. The average Bonchev–Trinajstić information content (AvgIpc) is 3.30. The molecule has 1 amide bonds. The first-order chi connectivity index (χ1) is 15.1. The Labute approximate surface area is 182 Å². The van der Waals surface area contributed by atoms with E-state index in [4.69, 9.17) is 14.2 Å². The number of fused-ring (bicyclic) bond motifs is 1. The van der Waals surface area contributed by atoms with Gasteiger partial charge in [0.2, 0.25) is 5.88 Å². The quantitative estimate of drug-likeness (QED) is 0.675. The van der Waals surface area contributed by atoms with E-state index in [-0.39, 0.29) is 30.4 Å². The molecule has 2 unspecified atom stereocenters. The van der Waals surface area contributed by atoms with Gasteiger partial charge in [0, 0.05) is 31.3 Å². The highest BCUT2D eigenvalue weighted by Crippen LogP contribution is 2.51. The third kappa shape index (κ3) is 3.78. The number of aromatic nitrogens is 3. The molecule has 0 radical (unpaired) electrons. The maximum atomic E-state index is 13.2. The van der Waals surface area contributed by atoms with Crippen molar-refractivity contribution in [3.8, 4) is 5.88 Å². The molecule has 3 fully saturated rings. The summed E-state index contributed by atoms with van der Waals surface area (Å²) in [7, 11) is 0. The molecule has 0 aromatic carbocycles. The van der Waals surface area contributed by atoms with Crippen LogP contribution in [0.1, 0.15) is 63.4 Å². The SMILES string of the molecule is CCC(C)Oc1cccc(COC2CC3(C2)OC2CC[C@@H](c4cnccn4)N2C3=O)n1. The molecule has 31 heavy (non-hydrogen) atoms. The summed E-state index contributed by atoms with van der Waals surface area (Å²) in [5.41, 5.74) is 0.908. The summed E-state index contributed by atoms with van der Waals surface area (Å²) in [6, 6.07) is 5.66. The van der Waals surface area contributed by atoms with Gasteiger partial charge in [0.15, 0.2) is 5.60 Å². The standard InChI is InChI=1S/C23H28N4O4/c1-3-15(2)30-20-6-4-5-16(26-20)14-29-17-11-23(12-17)22(28)27-19(7-8-21(27)31-23)18-13-24-9-10-25-18/h4-6,9-10,13,15,17,19,21H,3,7-8,11-12,14H2,1-2H3/t15?,17?,19-,21?,23?/m0/s1. The van der Waals surface area contributed by atoms with Gasteiger partial charge in [-0.15, -0.1) is 0 Å². The largest absolute Gasteiger partial charge is 0.475 e. The Morgan fingerprint density at radius 1 is 1.29 bits per heavy atom. The molecule has 0 bridgehead atoms. The van der Waals surface area contributed by atoms with E-state index in [1.54, 1.807) is 18.6 Å². The molecular weight excluding hydrogens is 396 g/mol. The second-order valence-electron chi connectivity index (χ2n) is 8.65. The number of ether oxygens (including phenoxy) is 3. The van der Waals surface area contributed by atoms with E-state index < -0.39 is 5.60 Å². The minimum atomic E-state index is -0.745. The number of hydrogen-bond acceptors (Lipinski definition) is 7. The fraction of sp³-hybridized carbons (Fsp3) is 0.565. The Balaban J connectivity index is 1.17. The number of carbonyl (C=O) groups excluding carboxylic acids is 1. The lowest BCUT2D eigenvalue weighted by Gasteiger charge is -2.42. The Morgan fingerprint density at radius 3 is 2.94 bits per heavy atom. The zero-order valence-electron chi connectivity index (χ0n) is 17.9. The first kappa shape index (κ1) is 20.3. The Morgan fingerprint density at radius 2 is 2.16 bits per heavy atom. The van der Waals surface area contributed by atoms with Crippen LogP contribution in [0.15, 0.2) is 36.8 Å². The van der Waals surface area contributed by atoms with E-state index in [0.29, 0.717) is 25.3 Å². The molecule has 5 rings (SSSR count). The maximum Gasteiger partial charge on any atom is 0.257 e. The molecule has 8 heteroatoms. The van der Waals surface area contributed by atoms with Gasteiger partial charge in [-0.2, -0.15) is 0 Å². The predicted octanol–water partition coefficient (Wildman–Crippen LogP) is 3.19. The zero-order valence-corrected chi connectivity index (χ0v) is 17.9. The molecule has 2 aromatic heterocycles. The van der Waals surface area contributed by atoms with Crippen molar-refractivity contribution in [3.05, 3.63) is 48.2 Å². The molecule has 2 aromatic rings. The highest BCUT2D eigenvalue weighted by molar-refractivity contribution is 5.89. The number of amides is 1. The van der Waals surface area contributed by atoms with Crippen LogP contribution in [0.3, 0.4) is 0 Å². The normalized spacial score (nSPS) is 30.3. The third-order valence-corrected chi connectivity index (χ3v) is 6.50. The smallest absolute Gasteiger partial charge is 0.257 e. The minimum absolute atomic E-state index is 0.0140. The van der Waals surface area contributed by atoms with Crippen molar-refractivity contribution in [1.82, 2.24) is 19.9 Å². The van der Waals surface area contributed by atoms with Crippen LogP contribution < -0.4 is 4.74 Å². The molecule has 164 valence electrons. The summed E-state index contributed by atoms with van der Waals surface area (Å²) in [5, 5.41) is 0. The van der Waals surface area contributed by atoms with Crippen LogP contribution in [0.2, 0.25) is 0 Å². The molecule has 3 atom stereocenters. The van der Waals surface area contributed by atoms with Gasteiger partial charge in [-0.1, -0.05) is 13.0 Å². The van der Waals surface area contributed by atoms with Gasteiger partial charge in [-0.25, -0.2) is 4.98 Å². The molecule has 1 spiro atoms. The molecular formula is C23H28N4O4. The van der Waals surface area contributed by atoms with Gasteiger partial charge in [-0.05, 0) is 32.3 Å². The van der Waals surface area contributed by atoms with Crippen LogP contribution in [0.5, 0.6) is 5.88 Å². The van der Waals surface area contributed by atoms with Gasteiger partial charge in [0.1, 0.15) is 6.23 Å². The van der Waals surface area contributed by atoms with Crippen LogP contribution in [0.25, 0.3) is 0 Å². The van der Waals surface area contributed by atoms with Gasteiger partial charge >= 0.3 is 0 Å². The highest BCUT2D eigenvalue weighted by atomic mass is 16.6. The van der Waals surface area contributed by atoms with E-state index in [0.717, 1.165) is 30.7 Å².